The first kappa shape index (κ1) is 15.2. The number of hydrogen-bond acceptors (Lipinski definition) is 6. The highest BCUT2D eigenvalue weighted by Gasteiger charge is 2.31. The molecule has 7 nitrogen and oxygen atoms in total. The number of hydrogen-bond donors (Lipinski definition) is 0. The van der Waals surface area contributed by atoms with Gasteiger partial charge in [-0.2, -0.15) is 4.98 Å². The Balaban J connectivity index is 1.48. The fourth-order valence-electron chi connectivity index (χ4n) is 3.14. The van der Waals surface area contributed by atoms with Crippen molar-refractivity contribution in [1.82, 2.24) is 25.0 Å². The molecule has 0 unspecified atom stereocenters. The average molecular weight is 327 g/mol. The van der Waals surface area contributed by atoms with Gasteiger partial charge < -0.3 is 9.42 Å². The number of carbonyl (C=O) groups is 1. The summed E-state index contributed by atoms with van der Waals surface area (Å²) >= 11 is 0. The highest BCUT2D eigenvalue weighted by Crippen LogP contribution is 2.37. The van der Waals surface area contributed by atoms with Crippen molar-refractivity contribution < 1.29 is 9.32 Å². The third-order valence-electron chi connectivity index (χ3n) is 4.70. The average Bonchev–Trinajstić information content (AvgIpc) is 3.38. The SMILES string of the molecule is CCc1nc([C@H]2CCCN(C(=O)c3ccnc(C4CC4)n3)C2)no1. The molecule has 0 bridgehead atoms. The first-order valence-electron chi connectivity index (χ1n) is 8.69. The molecular weight excluding hydrogens is 306 g/mol. The van der Waals surface area contributed by atoms with Gasteiger partial charge in [-0.1, -0.05) is 12.1 Å². The van der Waals surface area contributed by atoms with E-state index in [-0.39, 0.29) is 11.8 Å². The molecule has 0 radical (unpaired) electrons. The van der Waals surface area contributed by atoms with Crippen molar-refractivity contribution in [1.29, 1.82) is 0 Å². The fourth-order valence-corrected chi connectivity index (χ4v) is 3.14. The molecule has 2 aromatic heterocycles. The minimum absolute atomic E-state index is 0.0248. The van der Waals surface area contributed by atoms with Crippen LogP contribution in [0, 0.1) is 0 Å². The number of aryl methyl sites for hydroxylation is 1. The van der Waals surface area contributed by atoms with Crippen LogP contribution in [0.1, 0.15) is 72.5 Å². The zero-order valence-electron chi connectivity index (χ0n) is 13.8. The van der Waals surface area contributed by atoms with Crippen molar-refractivity contribution in [3.8, 4) is 0 Å². The van der Waals surface area contributed by atoms with Crippen LogP contribution in [-0.4, -0.2) is 44.0 Å². The van der Waals surface area contributed by atoms with Crippen molar-refractivity contribution in [3.05, 3.63) is 35.5 Å². The summed E-state index contributed by atoms with van der Waals surface area (Å²) in [5.41, 5.74) is 0.495. The predicted molar refractivity (Wildman–Crippen MR) is 85.6 cm³/mol. The summed E-state index contributed by atoms with van der Waals surface area (Å²) in [5, 5.41) is 4.07. The molecule has 2 aliphatic rings. The van der Waals surface area contributed by atoms with Crippen LogP contribution in [0.15, 0.2) is 16.8 Å². The van der Waals surface area contributed by atoms with Crippen LogP contribution in [0.5, 0.6) is 0 Å². The van der Waals surface area contributed by atoms with Gasteiger partial charge in [-0.3, -0.25) is 4.79 Å². The lowest BCUT2D eigenvalue weighted by molar-refractivity contribution is 0.0697. The fraction of sp³-hybridized carbons (Fsp3) is 0.588. The molecular formula is C17H21N5O2. The summed E-state index contributed by atoms with van der Waals surface area (Å²) < 4.78 is 5.21. The summed E-state index contributed by atoms with van der Waals surface area (Å²) in [6.07, 6.45) is 6.59. The number of likely N-dealkylation sites (tertiary alicyclic amines) is 1. The molecule has 1 amide bonds. The molecule has 1 aliphatic heterocycles. The maximum Gasteiger partial charge on any atom is 0.272 e. The Morgan fingerprint density at radius 3 is 2.88 bits per heavy atom. The van der Waals surface area contributed by atoms with E-state index in [1.165, 1.54) is 0 Å². The summed E-state index contributed by atoms with van der Waals surface area (Å²) in [6, 6.07) is 1.71. The van der Waals surface area contributed by atoms with Gasteiger partial charge in [0.05, 0.1) is 0 Å². The summed E-state index contributed by atoms with van der Waals surface area (Å²) in [4.78, 5) is 27.8. The molecule has 24 heavy (non-hydrogen) atoms. The Bertz CT molecular complexity index is 740. The van der Waals surface area contributed by atoms with Gasteiger partial charge in [-0.25, -0.2) is 9.97 Å². The van der Waals surface area contributed by atoms with Crippen molar-refractivity contribution in [2.45, 2.75) is 50.9 Å². The van der Waals surface area contributed by atoms with Crippen LogP contribution >= 0.6 is 0 Å². The highest BCUT2D eigenvalue weighted by molar-refractivity contribution is 5.92. The van der Waals surface area contributed by atoms with E-state index in [9.17, 15) is 4.79 Å². The lowest BCUT2D eigenvalue weighted by atomic mass is 9.97. The molecule has 7 heteroatoms. The zero-order valence-corrected chi connectivity index (χ0v) is 13.8. The lowest BCUT2D eigenvalue weighted by Crippen LogP contribution is -2.39. The van der Waals surface area contributed by atoms with Crippen molar-refractivity contribution in [2.75, 3.05) is 13.1 Å². The second-order valence-electron chi connectivity index (χ2n) is 6.56. The Morgan fingerprint density at radius 1 is 1.25 bits per heavy atom. The zero-order chi connectivity index (χ0) is 16.5. The topological polar surface area (TPSA) is 85.0 Å². The molecule has 0 N–H and O–H groups in total. The molecule has 126 valence electrons. The van der Waals surface area contributed by atoms with Crippen LogP contribution in [0.4, 0.5) is 0 Å². The third-order valence-corrected chi connectivity index (χ3v) is 4.70. The number of rotatable bonds is 4. The van der Waals surface area contributed by atoms with Gasteiger partial charge in [-0.05, 0) is 31.7 Å². The maximum absolute atomic E-state index is 12.8. The largest absolute Gasteiger partial charge is 0.339 e. The quantitative estimate of drug-likeness (QED) is 0.857. The summed E-state index contributed by atoms with van der Waals surface area (Å²) in [6.45, 7) is 3.35. The van der Waals surface area contributed by atoms with Gasteiger partial charge in [0, 0.05) is 37.5 Å². The second kappa shape index (κ2) is 6.30. The van der Waals surface area contributed by atoms with E-state index < -0.39 is 0 Å². The molecule has 0 spiro atoms. The van der Waals surface area contributed by atoms with Gasteiger partial charge in [0.1, 0.15) is 11.5 Å². The van der Waals surface area contributed by atoms with Gasteiger partial charge in [0.25, 0.3) is 5.91 Å². The van der Waals surface area contributed by atoms with E-state index >= 15 is 0 Å². The molecule has 1 aliphatic carbocycles. The predicted octanol–water partition coefficient (Wildman–Crippen LogP) is 2.32. The van der Waals surface area contributed by atoms with Gasteiger partial charge in [0.15, 0.2) is 5.82 Å². The summed E-state index contributed by atoms with van der Waals surface area (Å²) in [5.74, 6) is 2.72. The molecule has 1 saturated heterocycles. The molecule has 4 rings (SSSR count). The summed E-state index contributed by atoms with van der Waals surface area (Å²) in [7, 11) is 0. The molecule has 1 atom stereocenters. The third kappa shape index (κ3) is 3.02. The molecule has 0 aromatic carbocycles. The highest BCUT2D eigenvalue weighted by atomic mass is 16.5. The van der Waals surface area contributed by atoms with Gasteiger partial charge >= 0.3 is 0 Å². The van der Waals surface area contributed by atoms with Crippen molar-refractivity contribution in [3.63, 3.8) is 0 Å². The Hall–Kier alpha value is -2.31. The molecule has 2 aromatic rings. The van der Waals surface area contributed by atoms with Crippen molar-refractivity contribution >= 4 is 5.91 Å². The first-order valence-corrected chi connectivity index (χ1v) is 8.69. The van der Waals surface area contributed by atoms with Gasteiger partial charge in [-0.15, -0.1) is 0 Å². The number of amides is 1. The van der Waals surface area contributed by atoms with E-state index in [4.69, 9.17) is 4.52 Å². The lowest BCUT2D eigenvalue weighted by Gasteiger charge is -2.31. The van der Waals surface area contributed by atoms with Crippen molar-refractivity contribution in [2.24, 2.45) is 0 Å². The van der Waals surface area contributed by atoms with Crippen LogP contribution in [0.25, 0.3) is 0 Å². The van der Waals surface area contributed by atoms with Crippen LogP contribution in [0.2, 0.25) is 0 Å². The van der Waals surface area contributed by atoms with E-state index in [0.29, 0.717) is 29.9 Å². The van der Waals surface area contributed by atoms with E-state index in [0.717, 1.165) is 44.5 Å². The maximum atomic E-state index is 12.8. The number of aromatic nitrogens is 4. The molecule has 3 heterocycles. The van der Waals surface area contributed by atoms with E-state index in [1.54, 1.807) is 12.3 Å². The van der Waals surface area contributed by atoms with E-state index in [1.807, 2.05) is 11.8 Å². The number of nitrogens with zero attached hydrogens (tertiary/aromatic N) is 5. The van der Waals surface area contributed by atoms with Crippen LogP contribution in [-0.2, 0) is 6.42 Å². The Morgan fingerprint density at radius 2 is 2.12 bits per heavy atom. The molecule has 2 fully saturated rings. The smallest absolute Gasteiger partial charge is 0.272 e. The van der Waals surface area contributed by atoms with Crippen LogP contribution < -0.4 is 0 Å². The monoisotopic (exact) mass is 327 g/mol. The Kier molecular flexibility index (Phi) is 4.00. The number of carbonyl (C=O) groups excluding carboxylic acids is 1. The van der Waals surface area contributed by atoms with Crippen LogP contribution in [0.3, 0.4) is 0 Å². The Labute approximate surface area is 140 Å². The minimum atomic E-state index is -0.0248. The number of piperidine rings is 1. The normalized spacial score (nSPS) is 21.0. The minimum Gasteiger partial charge on any atom is -0.339 e. The first-order chi connectivity index (χ1) is 11.7. The van der Waals surface area contributed by atoms with E-state index in [2.05, 4.69) is 20.1 Å². The molecule has 1 saturated carbocycles. The second-order valence-corrected chi connectivity index (χ2v) is 6.56. The standard InChI is InChI=1S/C17H21N5O2/c1-2-14-20-16(21-24-14)12-4-3-9-22(10-12)17(23)13-7-8-18-15(19-13)11-5-6-11/h7-8,11-12H,2-6,9-10H2,1H3/t12-/m0/s1. The van der Waals surface area contributed by atoms with Gasteiger partial charge in [0.2, 0.25) is 5.89 Å².